The molecule has 0 aliphatic rings. The number of aliphatic hydroxyl groups excluding tert-OH is 1. The van der Waals surface area contributed by atoms with Crippen molar-refractivity contribution in [1.82, 2.24) is 0 Å². The van der Waals surface area contributed by atoms with Gasteiger partial charge in [0.15, 0.2) is 0 Å². The smallest absolute Gasteiger partial charge is 0.141 e. The summed E-state index contributed by atoms with van der Waals surface area (Å²) in [5.74, 6) is 2.23. The SMILES string of the molecule is COc1ccc(Oc2ccc(CO)c(C)c2)c(Br)c1. The summed E-state index contributed by atoms with van der Waals surface area (Å²) in [5, 5.41) is 9.14. The van der Waals surface area contributed by atoms with Crippen molar-refractivity contribution in [1.29, 1.82) is 0 Å². The maximum Gasteiger partial charge on any atom is 0.141 e. The molecule has 2 rings (SSSR count). The summed E-state index contributed by atoms with van der Waals surface area (Å²) >= 11 is 3.45. The van der Waals surface area contributed by atoms with E-state index in [-0.39, 0.29) is 6.61 Å². The molecule has 0 fully saturated rings. The summed E-state index contributed by atoms with van der Waals surface area (Å²) in [5.41, 5.74) is 1.91. The van der Waals surface area contributed by atoms with Gasteiger partial charge in [0.1, 0.15) is 17.2 Å². The third-order valence-corrected chi connectivity index (χ3v) is 3.47. The maximum atomic E-state index is 9.14. The predicted octanol–water partition coefficient (Wildman–Crippen LogP) is 4.05. The highest BCUT2D eigenvalue weighted by molar-refractivity contribution is 9.10. The first-order valence-corrected chi connectivity index (χ1v) is 6.65. The van der Waals surface area contributed by atoms with Crippen LogP contribution in [0.3, 0.4) is 0 Å². The molecule has 0 aliphatic carbocycles. The Hall–Kier alpha value is -1.52. The van der Waals surface area contributed by atoms with E-state index < -0.39 is 0 Å². The van der Waals surface area contributed by atoms with E-state index in [1.54, 1.807) is 7.11 Å². The fourth-order valence-corrected chi connectivity index (χ4v) is 2.17. The lowest BCUT2D eigenvalue weighted by Gasteiger charge is -2.11. The van der Waals surface area contributed by atoms with E-state index in [1.165, 1.54) is 0 Å². The molecule has 0 atom stereocenters. The third kappa shape index (κ3) is 3.28. The molecule has 0 radical (unpaired) electrons. The highest BCUT2D eigenvalue weighted by atomic mass is 79.9. The Morgan fingerprint density at radius 2 is 1.84 bits per heavy atom. The van der Waals surface area contributed by atoms with Crippen molar-refractivity contribution < 1.29 is 14.6 Å². The number of ether oxygens (including phenoxy) is 2. The molecule has 4 heteroatoms. The highest BCUT2D eigenvalue weighted by Crippen LogP contribution is 2.33. The fourth-order valence-electron chi connectivity index (χ4n) is 1.73. The molecular weight excluding hydrogens is 308 g/mol. The Kier molecular flexibility index (Phi) is 4.45. The largest absolute Gasteiger partial charge is 0.497 e. The second-order valence-electron chi connectivity index (χ2n) is 4.14. The Morgan fingerprint density at radius 3 is 2.42 bits per heavy atom. The molecule has 19 heavy (non-hydrogen) atoms. The summed E-state index contributed by atoms with van der Waals surface area (Å²) in [6.07, 6.45) is 0. The Morgan fingerprint density at radius 1 is 1.11 bits per heavy atom. The number of hydrogen-bond donors (Lipinski definition) is 1. The lowest BCUT2D eigenvalue weighted by molar-refractivity contribution is 0.281. The number of rotatable bonds is 4. The fraction of sp³-hybridized carbons (Fsp3) is 0.200. The van der Waals surface area contributed by atoms with Crippen molar-refractivity contribution >= 4 is 15.9 Å². The van der Waals surface area contributed by atoms with Gasteiger partial charge in [0.05, 0.1) is 18.2 Å². The van der Waals surface area contributed by atoms with Crippen LogP contribution in [0.5, 0.6) is 17.2 Å². The quantitative estimate of drug-likeness (QED) is 0.922. The summed E-state index contributed by atoms with van der Waals surface area (Å²) in [6.45, 7) is 1.99. The van der Waals surface area contributed by atoms with Gasteiger partial charge in [0, 0.05) is 0 Å². The molecule has 0 saturated heterocycles. The van der Waals surface area contributed by atoms with Crippen molar-refractivity contribution in [2.45, 2.75) is 13.5 Å². The van der Waals surface area contributed by atoms with Crippen molar-refractivity contribution in [3.63, 3.8) is 0 Å². The molecule has 100 valence electrons. The van der Waals surface area contributed by atoms with Gasteiger partial charge in [-0.2, -0.15) is 0 Å². The van der Waals surface area contributed by atoms with Crippen LogP contribution in [-0.4, -0.2) is 12.2 Å². The van der Waals surface area contributed by atoms with Crippen LogP contribution < -0.4 is 9.47 Å². The van der Waals surface area contributed by atoms with Crippen LogP contribution in [0.4, 0.5) is 0 Å². The number of aliphatic hydroxyl groups is 1. The van der Waals surface area contributed by atoms with Crippen LogP contribution in [0.25, 0.3) is 0 Å². The van der Waals surface area contributed by atoms with Gasteiger partial charge in [-0.3, -0.25) is 0 Å². The molecule has 0 bridgehead atoms. The molecular formula is C15H15BrO3. The summed E-state index contributed by atoms with van der Waals surface area (Å²) in [6, 6.07) is 11.1. The number of methoxy groups -OCH3 is 1. The van der Waals surface area contributed by atoms with Crippen LogP contribution in [0.15, 0.2) is 40.9 Å². The van der Waals surface area contributed by atoms with Gasteiger partial charge in [0.2, 0.25) is 0 Å². The number of hydrogen-bond acceptors (Lipinski definition) is 3. The van der Waals surface area contributed by atoms with Crippen LogP contribution in [0.2, 0.25) is 0 Å². The highest BCUT2D eigenvalue weighted by Gasteiger charge is 2.06. The minimum atomic E-state index is 0.0400. The van der Waals surface area contributed by atoms with Crippen LogP contribution in [0.1, 0.15) is 11.1 Å². The Balaban J connectivity index is 2.23. The van der Waals surface area contributed by atoms with Crippen LogP contribution in [-0.2, 0) is 6.61 Å². The molecule has 2 aromatic rings. The molecule has 0 spiro atoms. The van der Waals surface area contributed by atoms with Crippen molar-refractivity contribution in [3.8, 4) is 17.2 Å². The Bertz CT molecular complexity index is 582. The number of aryl methyl sites for hydroxylation is 1. The first-order chi connectivity index (χ1) is 9.13. The van der Waals surface area contributed by atoms with Gasteiger partial charge in [0.25, 0.3) is 0 Å². The maximum absolute atomic E-state index is 9.14. The zero-order valence-corrected chi connectivity index (χ0v) is 12.4. The Labute approximate surface area is 120 Å². The topological polar surface area (TPSA) is 38.7 Å². The summed E-state index contributed by atoms with van der Waals surface area (Å²) < 4.78 is 11.8. The van der Waals surface area contributed by atoms with E-state index in [2.05, 4.69) is 15.9 Å². The zero-order valence-electron chi connectivity index (χ0n) is 10.8. The molecule has 0 heterocycles. The van der Waals surface area contributed by atoms with E-state index in [9.17, 15) is 0 Å². The van der Waals surface area contributed by atoms with Crippen molar-refractivity contribution in [3.05, 3.63) is 52.0 Å². The van der Waals surface area contributed by atoms with Crippen LogP contribution >= 0.6 is 15.9 Å². The van der Waals surface area contributed by atoms with E-state index in [1.807, 2.05) is 43.3 Å². The molecule has 1 N–H and O–H groups in total. The second-order valence-corrected chi connectivity index (χ2v) is 5.00. The molecule has 0 saturated carbocycles. The normalized spacial score (nSPS) is 10.3. The molecule has 3 nitrogen and oxygen atoms in total. The molecule has 0 amide bonds. The van der Waals surface area contributed by atoms with Gasteiger partial charge in [-0.15, -0.1) is 0 Å². The van der Waals surface area contributed by atoms with E-state index >= 15 is 0 Å². The lowest BCUT2D eigenvalue weighted by Crippen LogP contribution is -1.91. The average molecular weight is 323 g/mol. The summed E-state index contributed by atoms with van der Waals surface area (Å²) in [7, 11) is 1.62. The minimum absolute atomic E-state index is 0.0400. The standard InChI is InChI=1S/C15H15BrO3/c1-10-7-13(4-3-11(10)9-17)19-15-6-5-12(18-2)8-14(15)16/h3-8,17H,9H2,1-2H3. The van der Waals surface area contributed by atoms with Gasteiger partial charge < -0.3 is 14.6 Å². The number of halogens is 1. The molecule has 0 unspecified atom stereocenters. The molecule has 0 aromatic heterocycles. The second kappa shape index (κ2) is 6.08. The molecule has 0 aliphatic heterocycles. The van der Waals surface area contributed by atoms with Gasteiger partial charge in [-0.05, 0) is 64.3 Å². The average Bonchev–Trinajstić information content (AvgIpc) is 2.41. The first-order valence-electron chi connectivity index (χ1n) is 5.86. The monoisotopic (exact) mass is 322 g/mol. The summed E-state index contributed by atoms with van der Waals surface area (Å²) in [4.78, 5) is 0. The van der Waals surface area contributed by atoms with Gasteiger partial charge in [-0.1, -0.05) is 6.07 Å². The lowest BCUT2D eigenvalue weighted by atomic mass is 10.1. The van der Waals surface area contributed by atoms with Crippen LogP contribution in [0, 0.1) is 6.92 Å². The van der Waals surface area contributed by atoms with Gasteiger partial charge in [-0.25, -0.2) is 0 Å². The van der Waals surface area contributed by atoms with E-state index in [0.717, 1.165) is 32.8 Å². The number of benzene rings is 2. The minimum Gasteiger partial charge on any atom is -0.497 e. The van der Waals surface area contributed by atoms with Gasteiger partial charge >= 0.3 is 0 Å². The molecule has 2 aromatic carbocycles. The third-order valence-electron chi connectivity index (χ3n) is 2.85. The predicted molar refractivity (Wildman–Crippen MR) is 77.9 cm³/mol. The van der Waals surface area contributed by atoms with E-state index in [0.29, 0.717) is 0 Å². The van der Waals surface area contributed by atoms with E-state index in [4.69, 9.17) is 14.6 Å². The van der Waals surface area contributed by atoms with Crippen molar-refractivity contribution in [2.75, 3.05) is 7.11 Å². The first kappa shape index (κ1) is 13.9. The van der Waals surface area contributed by atoms with Crippen molar-refractivity contribution in [2.24, 2.45) is 0 Å². The zero-order chi connectivity index (χ0) is 13.8.